The highest BCUT2D eigenvalue weighted by atomic mass is 79.9. The number of carbonyl (C=O) groups excluding carboxylic acids is 1. The number of hydrogen-bond donors (Lipinski definition) is 2. The van der Waals surface area contributed by atoms with Crippen LogP contribution >= 0.6 is 15.9 Å². The zero-order valence-electron chi connectivity index (χ0n) is 13.7. The van der Waals surface area contributed by atoms with E-state index < -0.39 is 12.1 Å². The molecular weight excluding hydrogens is 390 g/mol. The zero-order valence-corrected chi connectivity index (χ0v) is 15.3. The highest BCUT2D eigenvalue weighted by molar-refractivity contribution is 9.10. The standard InChI is InChI=1S/C16H16BrN5O3/c1-7-11(17)8(2)19-13-12(7)18-5-9-14(13)22-4-3-21(16(24)25)6-10(22)15(23)20-9/h5,10H,3-4,6H2,1-2H3,(H,20,23)(H,24,25)/t10-/m1/s1. The number of aromatic nitrogens is 2. The molecule has 9 heteroatoms. The summed E-state index contributed by atoms with van der Waals surface area (Å²) in [6.45, 7) is 4.81. The number of anilines is 2. The number of amides is 2. The number of fused-ring (bicyclic) bond motifs is 5. The van der Waals surface area contributed by atoms with Crippen molar-refractivity contribution >= 4 is 50.3 Å². The second-order valence-corrected chi connectivity index (χ2v) is 7.07. The van der Waals surface area contributed by atoms with Crippen LogP contribution in [0.5, 0.6) is 0 Å². The second-order valence-electron chi connectivity index (χ2n) is 6.28. The van der Waals surface area contributed by atoms with Crippen molar-refractivity contribution in [2.75, 3.05) is 29.9 Å². The molecule has 130 valence electrons. The van der Waals surface area contributed by atoms with Crippen LogP contribution in [-0.4, -0.2) is 57.7 Å². The Balaban J connectivity index is 1.90. The van der Waals surface area contributed by atoms with E-state index in [-0.39, 0.29) is 12.5 Å². The topological polar surface area (TPSA) is 98.7 Å². The maximum absolute atomic E-state index is 12.5. The van der Waals surface area contributed by atoms with E-state index in [0.29, 0.717) is 18.8 Å². The smallest absolute Gasteiger partial charge is 0.407 e. The molecule has 0 unspecified atom stereocenters. The lowest BCUT2D eigenvalue weighted by Gasteiger charge is -2.44. The first-order valence-electron chi connectivity index (χ1n) is 7.89. The number of pyridine rings is 2. The second kappa shape index (κ2) is 5.55. The number of piperazine rings is 1. The minimum absolute atomic E-state index is 0.138. The van der Waals surface area contributed by atoms with Crippen LogP contribution in [0.4, 0.5) is 16.2 Å². The van der Waals surface area contributed by atoms with Crippen LogP contribution in [0.25, 0.3) is 11.0 Å². The zero-order chi connectivity index (χ0) is 17.9. The molecule has 8 nitrogen and oxygen atoms in total. The van der Waals surface area contributed by atoms with Crippen LogP contribution in [0.2, 0.25) is 0 Å². The Morgan fingerprint density at radius 1 is 1.36 bits per heavy atom. The van der Waals surface area contributed by atoms with Crippen LogP contribution < -0.4 is 10.2 Å². The van der Waals surface area contributed by atoms with Crippen molar-refractivity contribution in [3.05, 3.63) is 21.9 Å². The van der Waals surface area contributed by atoms with E-state index in [0.717, 1.165) is 32.5 Å². The molecule has 1 atom stereocenters. The SMILES string of the molecule is Cc1nc2c3c(cnc2c(C)c1Br)NC(=O)[C@H]1CN(C(=O)O)CCN31. The Morgan fingerprint density at radius 2 is 2.12 bits per heavy atom. The molecule has 2 N–H and O–H groups in total. The number of hydrogen-bond acceptors (Lipinski definition) is 5. The summed E-state index contributed by atoms with van der Waals surface area (Å²) in [7, 11) is 0. The summed E-state index contributed by atoms with van der Waals surface area (Å²) < 4.78 is 0.916. The molecule has 0 bridgehead atoms. The van der Waals surface area contributed by atoms with Gasteiger partial charge >= 0.3 is 6.09 Å². The molecule has 0 radical (unpaired) electrons. The maximum atomic E-state index is 12.5. The van der Waals surface area contributed by atoms with Gasteiger partial charge in [0.2, 0.25) is 5.91 Å². The quantitative estimate of drug-likeness (QED) is 0.696. The monoisotopic (exact) mass is 405 g/mol. The third kappa shape index (κ3) is 2.33. The Bertz CT molecular complexity index is 932. The summed E-state index contributed by atoms with van der Waals surface area (Å²) >= 11 is 3.54. The average Bonchev–Trinajstić information content (AvgIpc) is 2.59. The third-order valence-electron chi connectivity index (χ3n) is 4.81. The lowest BCUT2D eigenvalue weighted by Crippen LogP contribution is -2.61. The normalized spacial score (nSPS) is 19.5. The fourth-order valence-electron chi connectivity index (χ4n) is 3.51. The first-order chi connectivity index (χ1) is 11.9. The van der Waals surface area contributed by atoms with E-state index in [2.05, 4.69) is 31.2 Å². The molecule has 2 aromatic rings. The van der Waals surface area contributed by atoms with Gasteiger partial charge in [0.15, 0.2) is 0 Å². The maximum Gasteiger partial charge on any atom is 0.407 e. The van der Waals surface area contributed by atoms with Crippen molar-refractivity contribution in [1.29, 1.82) is 0 Å². The Labute approximate surface area is 152 Å². The van der Waals surface area contributed by atoms with Gasteiger partial charge in [-0.25, -0.2) is 9.78 Å². The van der Waals surface area contributed by atoms with E-state index in [1.807, 2.05) is 18.7 Å². The summed E-state index contributed by atoms with van der Waals surface area (Å²) in [5.74, 6) is -0.217. The van der Waals surface area contributed by atoms with Crippen LogP contribution in [0.1, 0.15) is 11.3 Å². The van der Waals surface area contributed by atoms with Crippen molar-refractivity contribution in [3.8, 4) is 0 Å². The molecule has 4 rings (SSSR count). The lowest BCUT2D eigenvalue weighted by atomic mass is 10.0. The summed E-state index contributed by atoms with van der Waals surface area (Å²) in [6.07, 6.45) is 0.637. The highest BCUT2D eigenvalue weighted by Crippen LogP contribution is 2.40. The summed E-state index contributed by atoms with van der Waals surface area (Å²) in [5.41, 5.74) is 4.77. The lowest BCUT2D eigenvalue weighted by molar-refractivity contribution is -0.118. The fourth-order valence-corrected chi connectivity index (χ4v) is 3.79. The predicted octanol–water partition coefficient (Wildman–Crippen LogP) is 2.13. The minimum atomic E-state index is -1.01. The molecule has 1 fully saturated rings. The van der Waals surface area contributed by atoms with Gasteiger partial charge < -0.3 is 20.2 Å². The molecule has 0 aliphatic carbocycles. The largest absolute Gasteiger partial charge is 0.465 e. The Kier molecular flexibility index (Phi) is 3.57. The highest BCUT2D eigenvalue weighted by Gasteiger charge is 2.40. The van der Waals surface area contributed by atoms with E-state index in [1.54, 1.807) is 6.20 Å². The van der Waals surface area contributed by atoms with Crippen molar-refractivity contribution < 1.29 is 14.7 Å². The van der Waals surface area contributed by atoms with Gasteiger partial charge in [-0.1, -0.05) is 0 Å². The molecule has 2 aromatic heterocycles. The minimum Gasteiger partial charge on any atom is -0.465 e. The van der Waals surface area contributed by atoms with Gasteiger partial charge in [-0.05, 0) is 35.3 Å². The number of nitrogens with zero attached hydrogens (tertiary/aromatic N) is 4. The Hall–Kier alpha value is -2.42. The predicted molar refractivity (Wildman–Crippen MR) is 96.1 cm³/mol. The van der Waals surface area contributed by atoms with E-state index >= 15 is 0 Å². The van der Waals surface area contributed by atoms with E-state index in [4.69, 9.17) is 0 Å². The average molecular weight is 406 g/mol. The first kappa shape index (κ1) is 16.1. The number of carbonyl (C=O) groups is 2. The number of nitrogens with one attached hydrogen (secondary N) is 1. The third-order valence-corrected chi connectivity index (χ3v) is 5.98. The van der Waals surface area contributed by atoms with Gasteiger partial charge in [0.25, 0.3) is 0 Å². The van der Waals surface area contributed by atoms with E-state index in [1.165, 1.54) is 4.90 Å². The van der Waals surface area contributed by atoms with Gasteiger partial charge in [0.1, 0.15) is 11.6 Å². The molecular formula is C16H16BrN5O3. The molecule has 2 amide bonds. The summed E-state index contributed by atoms with van der Waals surface area (Å²) in [4.78, 5) is 36.1. The van der Waals surface area contributed by atoms with Crippen molar-refractivity contribution in [2.45, 2.75) is 19.9 Å². The van der Waals surface area contributed by atoms with Crippen molar-refractivity contribution in [2.24, 2.45) is 0 Å². The number of aryl methyl sites for hydroxylation is 2. The van der Waals surface area contributed by atoms with E-state index in [9.17, 15) is 14.7 Å². The molecule has 4 heterocycles. The van der Waals surface area contributed by atoms with Crippen molar-refractivity contribution in [3.63, 3.8) is 0 Å². The molecule has 0 aromatic carbocycles. The first-order valence-corrected chi connectivity index (χ1v) is 8.68. The Morgan fingerprint density at radius 3 is 2.84 bits per heavy atom. The van der Waals surface area contributed by atoms with Gasteiger partial charge in [0, 0.05) is 17.6 Å². The molecule has 25 heavy (non-hydrogen) atoms. The molecule has 0 spiro atoms. The number of halogens is 1. The molecule has 2 aliphatic rings. The van der Waals surface area contributed by atoms with Gasteiger partial charge in [-0.3, -0.25) is 9.78 Å². The summed E-state index contributed by atoms with van der Waals surface area (Å²) in [5, 5.41) is 12.1. The summed E-state index contributed by atoms with van der Waals surface area (Å²) in [6, 6.07) is -0.561. The van der Waals surface area contributed by atoms with Gasteiger partial charge in [0.05, 0.1) is 35.3 Å². The number of rotatable bonds is 0. The van der Waals surface area contributed by atoms with Gasteiger partial charge in [-0.2, -0.15) is 0 Å². The molecule has 0 saturated carbocycles. The van der Waals surface area contributed by atoms with Crippen LogP contribution in [0.3, 0.4) is 0 Å². The number of carboxylic acid groups (broad SMARTS) is 1. The fraction of sp³-hybridized carbons (Fsp3) is 0.375. The van der Waals surface area contributed by atoms with Crippen molar-refractivity contribution in [1.82, 2.24) is 14.9 Å². The molecule has 2 aliphatic heterocycles. The van der Waals surface area contributed by atoms with Crippen LogP contribution in [0, 0.1) is 13.8 Å². The van der Waals surface area contributed by atoms with Gasteiger partial charge in [-0.15, -0.1) is 0 Å². The molecule has 1 saturated heterocycles. The van der Waals surface area contributed by atoms with Crippen LogP contribution in [-0.2, 0) is 4.79 Å². The van der Waals surface area contributed by atoms with Crippen LogP contribution in [0.15, 0.2) is 10.7 Å².